The van der Waals surface area contributed by atoms with Gasteiger partial charge >= 0.3 is 0 Å². The van der Waals surface area contributed by atoms with Crippen molar-refractivity contribution in [2.45, 2.75) is 24.2 Å². The number of aromatic nitrogens is 1. The van der Waals surface area contributed by atoms with Gasteiger partial charge in [-0.25, -0.2) is 8.42 Å². The molecule has 0 bridgehead atoms. The van der Waals surface area contributed by atoms with E-state index in [1.165, 1.54) is 16.6 Å². The fourth-order valence-corrected chi connectivity index (χ4v) is 4.35. The summed E-state index contributed by atoms with van der Waals surface area (Å²) < 4.78 is 31.8. The minimum Gasteiger partial charge on any atom is -0.378 e. The van der Waals surface area contributed by atoms with Gasteiger partial charge < -0.3 is 14.6 Å². The number of aromatic amines is 1. The predicted octanol–water partition coefficient (Wildman–Crippen LogP) is 0.662. The van der Waals surface area contributed by atoms with Crippen molar-refractivity contribution in [1.82, 2.24) is 14.2 Å². The van der Waals surface area contributed by atoms with Crippen LogP contribution in [0, 0.1) is 0 Å². The number of sulfonamides is 1. The number of H-pyrrole nitrogens is 1. The van der Waals surface area contributed by atoms with Crippen molar-refractivity contribution < 1.29 is 17.9 Å². The maximum Gasteiger partial charge on any atom is 0.270 e. The number of hydrogen-bond donors (Lipinski definition) is 1. The molecular formula is C14H21N3O4S. The number of hydrogen-bond acceptors (Lipinski definition) is 4. The Bertz CT molecular complexity index is 628. The summed E-state index contributed by atoms with van der Waals surface area (Å²) in [7, 11) is -3.50. The van der Waals surface area contributed by atoms with Crippen LogP contribution in [0.1, 0.15) is 29.8 Å². The molecule has 0 unspecified atom stereocenters. The van der Waals surface area contributed by atoms with Crippen LogP contribution >= 0.6 is 0 Å². The normalized spacial score (nSPS) is 21.0. The molecule has 2 aliphatic rings. The number of morpholine rings is 1. The summed E-state index contributed by atoms with van der Waals surface area (Å²) >= 11 is 0. The van der Waals surface area contributed by atoms with Gasteiger partial charge in [-0.3, -0.25) is 4.79 Å². The number of carbonyl (C=O) groups excluding carboxylic acids is 1. The summed E-state index contributed by atoms with van der Waals surface area (Å²) in [4.78, 5) is 17.0. The van der Waals surface area contributed by atoms with Gasteiger partial charge in [0.25, 0.3) is 5.91 Å². The standard InChI is InChI=1S/C14H21N3O4S/c18-14(16-6-8-21-9-7-16)13-10-12(11-15-13)22(19,20)17-4-2-1-3-5-17/h10-11,15H,1-9H2. The molecule has 1 amide bonds. The molecule has 3 rings (SSSR count). The van der Waals surface area contributed by atoms with E-state index < -0.39 is 10.0 Å². The SMILES string of the molecule is O=C(c1cc(S(=O)(=O)N2CCCCC2)c[nH]1)N1CCOCC1. The van der Waals surface area contributed by atoms with Crippen LogP contribution in [0.15, 0.2) is 17.2 Å². The van der Waals surface area contributed by atoms with Crippen LogP contribution in [0.3, 0.4) is 0 Å². The largest absolute Gasteiger partial charge is 0.378 e. The molecule has 1 aromatic heterocycles. The van der Waals surface area contributed by atoms with Crippen molar-refractivity contribution in [3.63, 3.8) is 0 Å². The third-order valence-electron chi connectivity index (χ3n) is 4.14. The third kappa shape index (κ3) is 3.04. The third-order valence-corrected chi connectivity index (χ3v) is 6.01. The highest BCUT2D eigenvalue weighted by Gasteiger charge is 2.28. The van der Waals surface area contributed by atoms with Crippen LogP contribution in [0.25, 0.3) is 0 Å². The fraction of sp³-hybridized carbons (Fsp3) is 0.643. The molecule has 0 radical (unpaired) electrons. The first-order valence-corrected chi connectivity index (χ1v) is 9.08. The summed E-state index contributed by atoms with van der Waals surface area (Å²) in [6.45, 7) is 3.22. The number of rotatable bonds is 3. The Morgan fingerprint density at radius 3 is 2.45 bits per heavy atom. The smallest absolute Gasteiger partial charge is 0.270 e. The van der Waals surface area contributed by atoms with E-state index in [1.54, 1.807) is 4.90 Å². The molecule has 7 nitrogen and oxygen atoms in total. The minimum absolute atomic E-state index is 0.172. The van der Waals surface area contributed by atoms with Crippen molar-refractivity contribution in [3.05, 3.63) is 18.0 Å². The highest BCUT2D eigenvalue weighted by Crippen LogP contribution is 2.21. The van der Waals surface area contributed by atoms with Crippen LogP contribution in [-0.2, 0) is 14.8 Å². The van der Waals surface area contributed by atoms with E-state index >= 15 is 0 Å². The van der Waals surface area contributed by atoms with Crippen LogP contribution in [-0.4, -0.2) is 67.9 Å². The van der Waals surface area contributed by atoms with Gasteiger partial charge in [-0.2, -0.15) is 4.31 Å². The summed E-state index contributed by atoms with van der Waals surface area (Å²) in [6, 6.07) is 1.45. The molecule has 122 valence electrons. The van der Waals surface area contributed by atoms with Crippen molar-refractivity contribution in [3.8, 4) is 0 Å². The van der Waals surface area contributed by atoms with E-state index in [9.17, 15) is 13.2 Å². The lowest BCUT2D eigenvalue weighted by molar-refractivity contribution is 0.0299. The van der Waals surface area contributed by atoms with Gasteiger partial charge in [0.05, 0.1) is 13.2 Å². The molecule has 0 saturated carbocycles. The quantitative estimate of drug-likeness (QED) is 0.884. The predicted molar refractivity (Wildman–Crippen MR) is 80.1 cm³/mol. The van der Waals surface area contributed by atoms with Crippen LogP contribution < -0.4 is 0 Å². The molecule has 8 heteroatoms. The van der Waals surface area contributed by atoms with E-state index in [0.29, 0.717) is 45.1 Å². The van der Waals surface area contributed by atoms with E-state index in [2.05, 4.69) is 4.98 Å². The summed E-state index contributed by atoms with van der Waals surface area (Å²) in [5.41, 5.74) is 0.317. The van der Waals surface area contributed by atoms with Gasteiger partial charge in [0, 0.05) is 32.4 Å². The Kier molecular flexibility index (Phi) is 4.51. The van der Waals surface area contributed by atoms with Crippen LogP contribution in [0.4, 0.5) is 0 Å². The van der Waals surface area contributed by atoms with E-state index in [4.69, 9.17) is 4.74 Å². The Labute approximate surface area is 130 Å². The maximum absolute atomic E-state index is 12.6. The van der Waals surface area contributed by atoms with Crippen molar-refractivity contribution >= 4 is 15.9 Å². The van der Waals surface area contributed by atoms with Gasteiger partial charge in [-0.05, 0) is 18.9 Å². The topological polar surface area (TPSA) is 82.7 Å². The lowest BCUT2D eigenvalue weighted by Crippen LogP contribution is -2.40. The molecule has 0 atom stereocenters. The molecule has 0 aliphatic carbocycles. The summed E-state index contributed by atoms with van der Waals surface area (Å²) in [5.74, 6) is -0.177. The van der Waals surface area contributed by atoms with Crippen LogP contribution in [0.5, 0.6) is 0 Å². The second kappa shape index (κ2) is 6.39. The maximum atomic E-state index is 12.6. The summed E-state index contributed by atoms with van der Waals surface area (Å²) in [5, 5.41) is 0. The average molecular weight is 327 g/mol. The zero-order valence-corrected chi connectivity index (χ0v) is 13.3. The molecule has 1 N–H and O–H groups in total. The number of carbonyl (C=O) groups is 1. The summed E-state index contributed by atoms with van der Waals surface area (Å²) in [6.07, 6.45) is 4.27. The first kappa shape index (κ1) is 15.5. The zero-order valence-electron chi connectivity index (χ0n) is 12.5. The number of nitrogens with one attached hydrogen (secondary N) is 1. The average Bonchev–Trinajstić information content (AvgIpc) is 3.06. The van der Waals surface area contributed by atoms with Gasteiger partial charge in [0.2, 0.25) is 10.0 Å². The molecule has 0 aromatic carbocycles. The van der Waals surface area contributed by atoms with E-state index in [-0.39, 0.29) is 10.8 Å². The molecule has 22 heavy (non-hydrogen) atoms. The van der Waals surface area contributed by atoms with Gasteiger partial charge in [0.15, 0.2) is 0 Å². The number of piperidine rings is 1. The fourth-order valence-electron chi connectivity index (χ4n) is 2.84. The number of ether oxygens (including phenoxy) is 1. The second-order valence-electron chi connectivity index (χ2n) is 5.62. The molecule has 1 aromatic rings. The molecule has 2 saturated heterocycles. The highest BCUT2D eigenvalue weighted by atomic mass is 32.2. The molecule has 0 spiro atoms. The van der Waals surface area contributed by atoms with Crippen LogP contribution in [0.2, 0.25) is 0 Å². The Hall–Kier alpha value is -1.38. The van der Waals surface area contributed by atoms with Crippen molar-refractivity contribution in [1.29, 1.82) is 0 Å². The van der Waals surface area contributed by atoms with Crippen molar-refractivity contribution in [2.24, 2.45) is 0 Å². The second-order valence-corrected chi connectivity index (χ2v) is 7.56. The molecule has 3 heterocycles. The first-order chi connectivity index (χ1) is 10.6. The zero-order chi connectivity index (χ0) is 15.6. The lowest BCUT2D eigenvalue weighted by atomic mass is 10.2. The molecular weight excluding hydrogens is 306 g/mol. The van der Waals surface area contributed by atoms with Crippen molar-refractivity contribution in [2.75, 3.05) is 39.4 Å². The van der Waals surface area contributed by atoms with Gasteiger partial charge in [-0.1, -0.05) is 6.42 Å². The Morgan fingerprint density at radius 2 is 1.77 bits per heavy atom. The lowest BCUT2D eigenvalue weighted by Gasteiger charge is -2.26. The Morgan fingerprint density at radius 1 is 1.09 bits per heavy atom. The Balaban J connectivity index is 1.76. The number of nitrogens with zero attached hydrogens (tertiary/aromatic N) is 2. The number of amides is 1. The highest BCUT2D eigenvalue weighted by molar-refractivity contribution is 7.89. The van der Waals surface area contributed by atoms with Gasteiger partial charge in [-0.15, -0.1) is 0 Å². The minimum atomic E-state index is -3.50. The molecule has 2 fully saturated rings. The van der Waals surface area contributed by atoms with E-state index in [0.717, 1.165) is 19.3 Å². The first-order valence-electron chi connectivity index (χ1n) is 7.64. The monoisotopic (exact) mass is 327 g/mol. The molecule has 2 aliphatic heterocycles. The van der Waals surface area contributed by atoms with Gasteiger partial charge in [0.1, 0.15) is 10.6 Å². The van der Waals surface area contributed by atoms with E-state index in [1.807, 2.05) is 0 Å².